The molecule has 0 amide bonds. The monoisotopic (exact) mass is 238 g/mol. The molecule has 2 heteroatoms. The molecule has 0 unspecified atom stereocenters. The Bertz CT molecular complexity index is 504. The summed E-state index contributed by atoms with van der Waals surface area (Å²) in [5, 5.41) is 0. The van der Waals surface area contributed by atoms with E-state index in [2.05, 4.69) is 35.1 Å². The molecule has 18 heavy (non-hydrogen) atoms. The van der Waals surface area contributed by atoms with Gasteiger partial charge in [-0.25, -0.2) is 5.43 Å². The van der Waals surface area contributed by atoms with Crippen LogP contribution in [0.4, 0.5) is 5.69 Å². The maximum atomic E-state index is 3.25. The van der Waals surface area contributed by atoms with Crippen LogP contribution < -0.4 is 10.9 Å². The Morgan fingerprint density at radius 2 is 1.78 bits per heavy atom. The molecule has 0 saturated heterocycles. The van der Waals surface area contributed by atoms with E-state index in [4.69, 9.17) is 0 Å². The zero-order chi connectivity index (χ0) is 12.2. The second-order valence-corrected chi connectivity index (χ2v) is 4.86. The molecule has 2 nitrogen and oxygen atoms in total. The minimum Gasteiger partial charge on any atom is -0.321 e. The first kappa shape index (κ1) is 11.3. The van der Waals surface area contributed by atoms with Crippen LogP contribution in [0.5, 0.6) is 0 Å². The summed E-state index contributed by atoms with van der Waals surface area (Å²) in [6.07, 6.45) is 2.72. The van der Waals surface area contributed by atoms with Crippen LogP contribution in [-0.2, 0) is 6.54 Å². The zero-order valence-corrected chi connectivity index (χ0v) is 10.4. The highest BCUT2D eigenvalue weighted by Crippen LogP contribution is 2.40. The van der Waals surface area contributed by atoms with Gasteiger partial charge in [-0.2, -0.15) is 0 Å². The average molecular weight is 238 g/mol. The van der Waals surface area contributed by atoms with E-state index in [-0.39, 0.29) is 0 Å². The molecule has 0 aliphatic heterocycles. The van der Waals surface area contributed by atoms with Gasteiger partial charge in [0.15, 0.2) is 0 Å². The molecule has 0 spiro atoms. The Hall–Kier alpha value is -1.80. The van der Waals surface area contributed by atoms with Gasteiger partial charge in [0.25, 0.3) is 0 Å². The third-order valence-electron chi connectivity index (χ3n) is 3.30. The Labute approximate surface area is 108 Å². The van der Waals surface area contributed by atoms with Crippen molar-refractivity contribution in [1.82, 2.24) is 5.43 Å². The van der Waals surface area contributed by atoms with Crippen molar-refractivity contribution in [3.63, 3.8) is 0 Å². The largest absolute Gasteiger partial charge is 0.321 e. The summed E-state index contributed by atoms with van der Waals surface area (Å²) in [7, 11) is 0. The lowest BCUT2D eigenvalue weighted by molar-refractivity contribution is 0.799. The lowest BCUT2D eigenvalue weighted by Crippen LogP contribution is -2.20. The van der Waals surface area contributed by atoms with Crippen LogP contribution in [0.3, 0.4) is 0 Å². The van der Waals surface area contributed by atoms with Crippen molar-refractivity contribution >= 4 is 5.69 Å². The van der Waals surface area contributed by atoms with Gasteiger partial charge in [-0.1, -0.05) is 42.5 Å². The molecular formula is C16H18N2. The molecule has 0 radical (unpaired) electrons. The first-order valence-electron chi connectivity index (χ1n) is 6.54. The van der Waals surface area contributed by atoms with Crippen molar-refractivity contribution < 1.29 is 0 Å². The van der Waals surface area contributed by atoms with Crippen LogP contribution >= 0.6 is 0 Å². The number of nitrogens with one attached hydrogen (secondary N) is 2. The highest BCUT2D eigenvalue weighted by atomic mass is 15.3. The lowest BCUT2D eigenvalue weighted by atomic mass is 10.1. The van der Waals surface area contributed by atoms with Gasteiger partial charge in [0.05, 0.1) is 0 Å². The molecule has 1 aliphatic rings. The molecule has 0 atom stereocenters. The van der Waals surface area contributed by atoms with E-state index in [1.807, 2.05) is 30.3 Å². The third-order valence-corrected chi connectivity index (χ3v) is 3.30. The average Bonchev–Trinajstić information content (AvgIpc) is 3.25. The summed E-state index contributed by atoms with van der Waals surface area (Å²) in [5.41, 5.74) is 10.4. The van der Waals surface area contributed by atoms with E-state index >= 15 is 0 Å². The van der Waals surface area contributed by atoms with E-state index in [0.29, 0.717) is 0 Å². The summed E-state index contributed by atoms with van der Waals surface area (Å²) in [5.74, 6) is 0.826. The van der Waals surface area contributed by atoms with Crippen LogP contribution in [0.15, 0.2) is 54.6 Å². The molecule has 0 aromatic heterocycles. The number of benzene rings is 2. The predicted molar refractivity (Wildman–Crippen MR) is 75.3 cm³/mol. The highest BCUT2D eigenvalue weighted by molar-refractivity contribution is 5.41. The number of hydrogen-bond acceptors (Lipinski definition) is 2. The molecule has 3 rings (SSSR count). The molecular weight excluding hydrogens is 220 g/mol. The van der Waals surface area contributed by atoms with Gasteiger partial charge in [0, 0.05) is 12.2 Å². The maximum Gasteiger partial charge on any atom is 0.0487 e. The number of para-hydroxylation sites is 1. The summed E-state index contributed by atoms with van der Waals surface area (Å²) < 4.78 is 0. The van der Waals surface area contributed by atoms with Crippen LogP contribution in [0, 0.1) is 0 Å². The topological polar surface area (TPSA) is 24.1 Å². The molecule has 2 aromatic rings. The summed E-state index contributed by atoms with van der Waals surface area (Å²) >= 11 is 0. The van der Waals surface area contributed by atoms with Crippen LogP contribution in [0.2, 0.25) is 0 Å². The van der Waals surface area contributed by atoms with Gasteiger partial charge < -0.3 is 5.43 Å². The van der Waals surface area contributed by atoms with Crippen LogP contribution in [-0.4, -0.2) is 0 Å². The number of hydrogen-bond donors (Lipinski definition) is 2. The first-order chi connectivity index (χ1) is 8.92. The van der Waals surface area contributed by atoms with Gasteiger partial charge in [0.1, 0.15) is 0 Å². The second-order valence-electron chi connectivity index (χ2n) is 4.86. The fourth-order valence-corrected chi connectivity index (χ4v) is 2.14. The van der Waals surface area contributed by atoms with Gasteiger partial charge in [0.2, 0.25) is 0 Å². The van der Waals surface area contributed by atoms with Crippen molar-refractivity contribution in [2.45, 2.75) is 25.3 Å². The molecule has 1 saturated carbocycles. The Morgan fingerprint density at radius 3 is 2.56 bits per heavy atom. The third kappa shape index (κ3) is 2.90. The fraction of sp³-hybridized carbons (Fsp3) is 0.250. The second kappa shape index (κ2) is 5.23. The summed E-state index contributed by atoms with van der Waals surface area (Å²) in [6.45, 7) is 0.843. The maximum absolute atomic E-state index is 3.25. The molecule has 1 fully saturated rings. The van der Waals surface area contributed by atoms with E-state index in [1.54, 1.807) is 0 Å². The fourth-order valence-electron chi connectivity index (χ4n) is 2.14. The molecule has 0 bridgehead atoms. The minimum absolute atomic E-state index is 0.826. The first-order valence-corrected chi connectivity index (χ1v) is 6.54. The number of hydrazine groups is 1. The Balaban J connectivity index is 1.55. The molecule has 1 aliphatic carbocycles. The van der Waals surface area contributed by atoms with Gasteiger partial charge in [-0.3, -0.25) is 0 Å². The lowest BCUT2D eigenvalue weighted by Gasteiger charge is -2.09. The van der Waals surface area contributed by atoms with Gasteiger partial charge in [-0.15, -0.1) is 0 Å². The van der Waals surface area contributed by atoms with E-state index in [9.17, 15) is 0 Å². The van der Waals surface area contributed by atoms with Crippen molar-refractivity contribution in [3.05, 3.63) is 65.7 Å². The van der Waals surface area contributed by atoms with Crippen molar-refractivity contribution in [1.29, 1.82) is 0 Å². The number of anilines is 1. The predicted octanol–water partition coefficient (Wildman–Crippen LogP) is 3.68. The Kier molecular flexibility index (Phi) is 3.29. The van der Waals surface area contributed by atoms with Gasteiger partial charge in [-0.05, 0) is 42.0 Å². The summed E-state index contributed by atoms with van der Waals surface area (Å²) in [4.78, 5) is 0. The van der Waals surface area contributed by atoms with Crippen LogP contribution in [0.1, 0.15) is 29.9 Å². The van der Waals surface area contributed by atoms with Gasteiger partial charge >= 0.3 is 0 Å². The minimum atomic E-state index is 0.826. The Morgan fingerprint density at radius 1 is 0.944 bits per heavy atom. The van der Waals surface area contributed by atoms with E-state index in [1.165, 1.54) is 24.0 Å². The van der Waals surface area contributed by atoms with Crippen molar-refractivity contribution in [2.75, 3.05) is 5.43 Å². The zero-order valence-electron chi connectivity index (χ0n) is 10.4. The van der Waals surface area contributed by atoms with Crippen molar-refractivity contribution in [2.24, 2.45) is 0 Å². The van der Waals surface area contributed by atoms with E-state index < -0.39 is 0 Å². The molecule has 92 valence electrons. The molecule has 2 N–H and O–H groups in total. The molecule has 2 aromatic carbocycles. The normalized spacial score (nSPS) is 14.4. The standard InChI is InChI=1S/C16H18N2/c1-2-7-16(8-3-1)18-17-12-13-5-4-6-15(11-13)14-9-10-14/h1-8,11,14,17-18H,9-10,12H2. The van der Waals surface area contributed by atoms with Crippen molar-refractivity contribution in [3.8, 4) is 0 Å². The van der Waals surface area contributed by atoms with Crippen LogP contribution in [0.25, 0.3) is 0 Å². The quantitative estimate of drug-likeness (QED) is 0.776. The number of rotatable bonds is 5. The smallest absolute Gasteiger partial charge is 0.0487 e. The SMILES string of the molecule is c1ccc(NNCc2cccc(C3CC3)c2)cc1. The van der Waals surface area contributed by atoms with E-state index in [0.717, 1.165) is 18.2 Å². The highest BCUT2D eigenvalue weighted by Gasteiger charge is 2.23. The summed E-state index contributed by atoms with van der Waals surface area (Å²) in [6, 6.07) is 19.1. The molecule has 0 heterocycles.